The van der Waals surface area contributed by atoms with Crippen LogP contribution in [0.3, 0.4) is 0 Å². The van der Waals surface area contributed by atoms with E-state index in [1.165, 1.54) is 0 Å². The molecule has 0 aliphatic carbocycles. The zero-order valence-corrected chi connectivity index (χ0v) is 7.16. The van der Waals surface area contributed by atoms with Crippen molar-refractivity contribution in [3.05, 3.63) is 24.0 Å². The number of hydrogen-bond donors (Lipinski definition) is 1. The summed E-state index contributed by atoms with van der Waals surface area (Å²) in [5, 5.41) is 8.79. The van der Waals surface area contributed by atoms with Crippen molar-refractivity contribution in [2.75, 3.05) is 6.61 Å². The number of nitrogens with zero attached hydrogens (tertiary/aromatic N) is 1. The fourth-order valence-electron chi connectivity index (χ4n) is 0.849. The molecule has 3 nitrogen and oxygen atoms in total. The highest BCUT2D eigenvalue weighted by Crippen LogP contribution is 2.10. The van der Waals surface area contributed by atoms with E-state index in [9.17, 15) is 0 Å². The standard InChI is InChI=1S/C9H13NO2/c1-2-3-12-9-4-8(7-11)5-10-6-9/h4-6,11H,2-3,7H2,1H3. The fraction of sp³-hybridized carbons (Fsp3) is 0.444. The minimum atomic E-state index is 0.0102. The van der Waals surface area contributed by atoms with Gasteiger partial charge in [0, 0.05) is 6.20 Å². The predicted molar refractivity (Wildman–Crippen MR) is 45.9 cm³/mol. The summed E-state index contributed by atoms with van der Waals surface area (Å²) in [6.45, 7) is 2.75. The van der Waals surface area contributed by atoms with Crippen molar-refractivity contribution in [2.24, 2.45) is 0 Å². The molecular weight excluding hydrogens is 154 g/mol. The Morgan fingerprint density at radius 2 is 2.33 bits per heavy atom. The Morgan fingerprint density at radius 1 is 1.50 bits per heavy atom. The summed E-state index contributed by atoms with van der Waals surface area (Å²) < 4.78 is 5.32. The first-order valence-electron chi connectivity index (χ1n) is 4.04. The lowest BCUT2D eigenvalue weighted by molar-refractivity contribution is 0.278. The molecule has 1 heterocycles. The monoisotopic (exact) mass is 167 g/mol. The molecule has 0 fully saturated rings. The molecule has 0 aliphatic heterocycles. The first-order valence-corrected chi connectivity index (χ1v) is 4.04. The van der Waals surface area contributed by atoms with Gasteiger partial charge in [-0.05, 0) is 18.1 Å². The molecular formula is C9H13NO2. The van der Waals surface area contributed by atoms with Gasteiger partial charge in [0.2, 0.25) is 0 Å². The topological polar surface area (TPSA) is 42.4 Å². The molecule has 0 amide bonds. The number of ether oxygens (including phenoxy) is 1. The molecule has 0 bridgehead atoms. The average Bonchev–Trinajstić information content (AvgIpc) is 2.15. The van der Waals surface area contributed by atoms with Crippen LogP contribution < -0.4 is 4.74 Å². The first-order chi connectivity index (χ1) is 5.86. The molecule has 1 aromatic heterocycles. The van der Waals surface area contributed by atoms with E-state index >= 15 is 0 Å². The van der Waals surface area contributed by atoms with Gasteiger partial charge in [0.05, 0.1) is 19.4 Å². The van der Waals surface area contributed by atoms with Crippen LogP contribution >= 0.6 is 0 Å². The highest BCUT2D eigenvalue weighted by atomic mass is 16.5. The first kappa shape index (κ1) is 9.00. The second kappa shape index (κ2) is 4.72. The molecule has 0 saturated carbocycles. The van der Waals surface area contributed by atoms with Gasteiger partial charge in [0.15, 0.2) is 0 Å². The highest BCUT2D eigenvalue weighted by molar-refractivity contribution is 5.22. The molecule has 0 spiro atoms. The normalized spacial score (nSPS) is 9.83. The number of aliphatic hydroxyl groups excluding tert-OH is 1. The molecule has 0 aromatic carbocycles. The van der Waals surface area contributed by atoms with Crippen LogP contribution in [0, 0.1) is 0 Å². The Bertz CT molecular complexity index is 238. The van der Waals surface area contributed by atoms with Crippen molar-refractivity contribution in [1.29, 1.82) is 0 Å². The minimum absolute atomic E-state index is 0.0102. The zero-order chi connectivity index (χ0) is 8.81. The van der Waals surface area contributed by atoms with Gasteiger partial charge in [-0.2, -0.15) is 0 Å². The van der Waals surface area contributed by atoms with E-state index < -0.39 is 0 Å². The smallest absolute Gasteiger partial charge is 0.137 e. The Labute approximate surface area is 72.0 Å². The van der Waals surface area contributed by atoms with Crippen LogP contribution in [-0.2, 0) is 6.61 Å². The van der Waals surface area contributed by atoms with Gasteiger partial charge >= 0.3 is 0 Å². The van der Waals surface area contributed by atoms with Gasteiger partial charge in [0.25, 0.3) is 0 Å². The Kier molecular flexibility index (Phi) is 3.54. The quantitative estimate of drug-likeness (QED) is 0.736. The SMILES string of the molecule is CCCOc1cncc(CO)c1. The maximum Gasteiger partial charge on any atom is 0.137 e. The van der Waals surface area contributed by atoms with Crippen LogP contribution in [-0.4, -0.2) is 16.7 Å². The van der Waals surface area contributed by atoms with Crippen molar-refractivity contribution in [1.82, 2.24) is 4.98 Å². The molecule has 0 atom stereocenters. The lowest BCUT2D eigenvalue weighted by Gasteiger charge is -2.04. The van der Waals surface area contributed by atoms with Crippen LogP contribution in [0.1, 0.15) is 18.9 Å². The fourth-order valence-corrected chi connectivity index (χ4v) is 0.849. The van der Waals surface area contributed by atoms with E-state index in [0.717, 1.165) is 17.7 Å². The van der Waals surface area contributed by atoms with Gasteiger partial charge in [-0.1, -0.05) is 6.92 Å². The summed E-state index contributed by atoms with van der Waals surface area (Å²) >= 11 is 0. The predicted octanol–water partition coefficient (Wildman–Crippen LogP) is 1.36. The molecule has 0 aliphatic rings. The molecule has 66 valence electrons. The highest BCUT2D eigenvalue weighted by Gasteiger charge is 1.95. The van der Waals surface area contributed by atoms with E-state index in [2.05, 4.69) is 4.98 Å². The van der Waals surface area contributed by atoms with Crippen LogP contribution in [0.2, 0.25) is 0 Å². The van der Waals surface area contributed by atoms with E-state index in [1.807, 2.05) is 6.92 Å². The van der Waals surface area contributed by atoms with Gasteiger partial charge < -0.3 is 9.84 Å². The van der Waals surface area contributed by atoms with Gasteiger partial charge in [0.1, 0.15) is 5.75 Å². The Morgan fingerprint density at radius 3 is 3.00 bits per heavy atom. The average molecular weight is 167 g/mol. The summed E-state index contributed by atoms with van der Waals surface area (Å²) in [7, 11) is 0. The number of rotatable bonds is 4. The van der Waals surface area contributed by atoms with Gasteiger partial charge in [-0.25, -0.2) is 0 Å². The summed E-state index contributed by atoms with van der Waals surface area (Å²) in [6, 6.07) is 1.79. The van der Waals surface area contributed by atoms with E-state index in [4.69, 9.17) is 9.84 Å². The molecule has 3 heteroatoms. The molecule has 12 heavy (non-hydrogen) atoms. The van der Waals surface area contributed by atoms with Crippen molar-refractivity contribution in [2.45, 2.75) is 20.0 Å². The van der Waals surface area contributed by atoms with E-state index in [0.29, 0.717) is 6.61 Å². The maximum atomic E-state index is 8.79. The number of aromatic nitrogens is 1. The van der Waals surface area contributed by atoms with Crippen molar-refractivity contribution < 1.29 is 9.84 Å². The van der Waals surface area contributed by atoms with Gasteiger partial charge in [-0.15, -0.1) is 0 Å². The lowest BCUT2D eigenvalue weighted by Crippen LogP contribution is -1.96. The Balaban J connectivity index is 2.60. The summed E-state index contributed by atoms with van der Waals surface area (Å²) in [6.07, 6.45) is 4.25. The molecule has 1 rings (SSSR count). The third-order valence-corrected chi connectivity index (χ3v) is 1.43. The van der Waals surface area contributed by atoms with Crippen molar-refractivity contribution in [3.63, 3.8) is 0 Å². The maximum absolute atomic E-state index is 8.79. The summed E-state index contributed by atoms with van der Waals surface area (Å²) in [5.41, 5.74) is 0.781. The van der Waals surface area contributed by atoms with Crippen molar-refractivity contribution in [3.8, 4) is 5.75 Å². The van der Waals surface area contributed by atoms with E-state index in [1.54, 1.807) is 18.5 Å². The van der Waals surface area contributed by atoms with Crippen molar-refractivity contribution >= 4 is 0 Å². The molecule has 0 saturated heterocycles. The second-order valence-electron chi connectivity index (χ2n) is 2.54. The zero-order valence-electron chi connectivity index (χ0n) is 7.16. The third-order valence-electron chi connectivity index (χ3n) is 1.43. The summed E-state index contributed by atoms with van der Waals surface area (Å²) in [5.74, 6) is 0.725. The number of pyridine rings is 1. The lowest BCUT2D eigenvalue weighted by atomic mass is 10.3. The number of aliphatic hydroxyl groups is 1. The Hall–Kier alpha value is -1.09. The van der Waals surface area contributed by atoms with Crippen LogP contribution in [0.25, 0.3) is 0 Å². The van der Waals surface area contributed by atoms with Crippen LogP contribution in [0.5, 0.6) is 5.75 Å². The summed E-state index contributed by atoms with van der Waals surface area (Å²) in [4.78, 5) is 3.92. The van der Waals surface area contributed by atoms with Gasteiger partial charge in [-0.3, -0.25) is 4.98 Å². The molecule has 0 radical (unpaired) electrons. The van der Waals surface area contributed by atoms with Crippen LogP contribution in [0.4, 0.5) is 0 Å². The second-order valence-corrected chi connectivity index (χ2v) is 2.54. The molecule has 0 unspecified atom stereocenters. The molecule has 1 aromatic rings. The number of hydrogen-bond acceptors (Lipinski definition) is 3. The van der Waals surface area contributed by atoms with Crippen LogP contribution in [0.15, 0.2) is 18.5 Å². The third kappa shape index (κ3) is 2.51. The largest absolute Gasteiger partial charge is 0.492 e. The molecule has 1 N–H and O–H groups in total. The van der Waals surface area contributed by atoms with E-state index in [-0.39, 0.29) is 6.61 Å². The minimum Gasteiger partial charge on any atom is -0.492 e.